The number of amides is 1. The van der Waals surface area contributed by atoms with Gasteiger partial charge in [-0.1, -0.05) is 11.6 Å². The van der Waals surface area contributed by atoms with Crippen molar-refractivity contribution in [3.05, 3.63) is 34.9 Å². The van der Waals surface area contributed by atoms with Crippen LogP contribution in [0.5, 0.6) is 0 Å². The molecule has 19 heavy (non-hydrogen) atoms. The molecule has 104 valence electrons. The Morgan fingerprint density at radius 1 is 1.21 bits per heavy atom. The first kappa shape index (κ1) is 15.7. The molecule has 1 rings (SSSR count). The van der Waals surface area contributed by atoms with Gasteiger partial charge in [0.25, 0.3) is 0 Å². The minimum Gasteiger partial charge on any atom is -0.389 e. The fourth-order valence-corrected chi connectivity index (χ4v) is 1.54. The van der Waals surface area contributed by atoms with E-state index in [1.54, 1.807) is 38.1 Å². The van der Waals surface area contributed by atoms with Crippen molar-refractivity contribution in [3.63, 3.8) is 0 Å². The van der Waals surface area contributed by atoms with E-state index in [-0.39, 0.29) is 31.1 Å². The summed E-state index contributed by atoms with van der Waals surface area (Å²) in [5.41, 5.74) is -0.407. The molecular weight excluding hydrogens is 266 g/mol. The summed E-state index contributed by atoms with van der Waals surface area (Å²) in [6, 6.07) is 6.56. The second-order valence-corrected chi connectivity index (χ2v) is 5.46. The predicted octanol–water partition coefficient (Wildman–Crippen LogP) is 2.19. The smallest absolute Gasteiger partial charge is 0.220 e. The number of ketones is 1. The minimum atomic E-state index is -0.949. The highest BCUT2D eigenvalue weighted by Crippen LogP contribution is 2.11. The molecule has 0 aliphatic carbocycles. The van der Waals surface area contributed by atoms with Gasteiger partial charge in [-0.25, -0.2) is 0 Å². The van der Waals surface area contributed by atoms with Gasteiger partial charge >= 0.3 is 0 Å². The monoisotopic (exact) mass is 283 g/mol. The largest absolute Gasteiger partial charge is 0.389 e. The highest BCUT2D eigenvalue weighted by Gasteiger charge is 2.14. The lowest BCUT2D eigenvalue weighted by Gasteiger charge is -2.17. The lowest BCUT2D eigenvalue weighted by molar-refractivity contribution is -0.122. The SMILES string of the molecule is CC(C)(O)CNC(=O)CCC(=O)c1ccc(Cl)cc1. The third kappa shape index (κ3) is 6.36. The van der Waals surface area contributed by atoms with E-state index in [4.69, 9.17) is 11.6 Å². The zero-order chi connectivity index (χ0) is 14.5. The molecule has 0 saturated heterocycles. The standard InChI is InChI=1S/C14H18ClNO3/c1-14(2,19)9-16-13(18)8-7-12(17)10-3-5-11(15)6-4-10/h3-6,19H,7-9H2,1-2H3,(H,16,18). The Morgan fingerprint density at radius 2 is 1.79 bits per heavy atom. The molecule has 2 N–H and O–H groups in total. The van der Waals surface area contributed by atoms with E-state index in [0.717, 1.165) is 0 Å². The van der Waals surface area contributed by atoms with Crippen LogP contribution in [0.25, 0.3) is 0 Å². The molecule has 0 radical (unpaired) electrons. The summed E-state index contributed by atoms with van der Waals surface area (Å²) < 4.78 is 0. The number of benzene rings is 1. The average Bonchev–Trinajstić information content (AvgIpc) is 2.33. The van der Waals surface area contributed by atoms with Gasteiger partial charge in [-0.05, 0) is 38.1 Å². The van der Waals surface area contributed by atoms with Crippen LogP contribution in [-0.4, -0.2) is 28.9 Å². The van der Waals surface area contributed by atoms with Crippen LogP contribution in [0.1, 0.15) is 37.0 Å². The van der Waals surface area contributed by atoms with E-state index < -0.39 is 5.60 Å². The van der Waals surface area contributed by atoms with Crippen molar-refractivity contribution in [2.45, 2.75) is 32.3 Å². The van der Waals surface area contributed by atoms with Crippen molar-refractivity contribution in [2.24, 2.45) is 0 Å². The van der Waals surface area contributed by atoms with Gasteiger partial charge in [-0.3, -0.25) is 9.59 Å². The number of Topliss-reactive ketones (excluding diaryl/α,β-unsaturated/α-hetero) is 1. The highest BCUT2D eigenvalue weighted by molar-refractivity contribution is 6.30. The number of hydrogen-bond donors (Lipinski definition) is 2. The molecule has 0 aliphatic rings. The normalized spacial score (nSPS) is 11.2. The first-order valence-corrected chi connectivity index (χ1v) is 6.43. The summed E-state index contributed by atoms with van der Waals surface area (Å²) in [4.78, 5) is 23.3. The van der Waals surface area contributed by atoms with Crippen molar-refractivity contribution in [1.82, 2.24) is 5.32 Å². The van der Waals surface area contributed by atoms with Crippen LogP contribution in [0.4, 0.5) is 0 Å². The predicted molar refractivity (Wildman–Crippen MR) is 74.3 cm³/mol. The summed E-state index contributed by atoms with van der Waals surface area (Å²) in [5.74, 6) is -0.348. The number of halogens is 1. The lowest BCUT2D eigenvalue weighted by Crippen LogP contribution is -2.38. The molecule has 0 saturated carbocycles. The molecule has 0 aromatic heterocycles. The van der Waals surface area contributed by atoms with E-state index >= 15 is 0 Å². The number of carbonyl (C=O) groups excluding carboxylic acids is 2. The molecule has 0 spiro atoms. The molecule has 4 nitrogen and oxygen atoms in total. The summed E-state index contributed by atoms with van der Waals surface area (Å²) in [5, 5.41) is 12.6. The molecule has 1 aromatic carbocycles. The topological polar surface area (TPSA) is 66.4 Å². The van der Waals surface area contributed by atoms with E-state index in [1.807, 2.05) is 0 Å². The average molecular weight is 284 g/mol. The van der Waals surface area contributed by atoms with Crippen LogP contribution in [0.2, 0.25) is 5.02 Å². The van der Waals surface area contributed by atoms with Crippen molar-refractivity contribution < 1.29 is 14.7 Å². The molecule has 0 heterocycles. The Balaban J connectivity index is 2.38. The summed E-state index contributed by atoms with van der Waals surface area (Å²) in [6.45, 7) is 3.37. The van der Waals surface area contributed by atoms with Crippen LogP contribution < -0.4 is 5.32 Å². The summed E-state index contributed by atoms with van der Waals surface area (Å²) in [6.07, 6.45) is 0.247. The van der Waals surface area contributed by atoms with Crippen LogP contribution in [0.3, 0.4) is 0 Å². The lowest BCUT2D eigenvalue weighted by atomic mass is 10.1. The van der Waals surface area contributed by atoms with Crippen LogP contribution in [0.15, 0.2) is 24.3 Å². The van der Waals surface area contributed by atoms with Gasteiger partial charge in [-0.15, -0.1) is 0 Å². The van der Waals surface area contributed by atoms with Gasteiger partial charge in [0.1, 0.15) is 0 Å². The second kappa shape index (κ2) is 6.68. The molecule has 0 atom stereocenters. The molecule has 0 fully saturated rings. The van der Waals surface area contributed by atoms with Crippen LogP contribution in [0, 0.1) is 0 Å². The second-order valence-electron chi connectivity index (χ2n) is 5.02. The van der Waals surface area contributed by atoms with E-state index in [9.17, 15) is 14.7 Å². The molecule has 1 amide bonds. The van der Waals surface area contributed by atoms with Crippen LogP contribution in [-0.2, 0) is 4.79 Å². The van der Waals surface area contributed by atoms with Gasteiger partial charge in [0.15, 0.2) is 5.78 Å². The summed E-state index contributed by atoms with van der Waals surface area (Å²) in [7, 11) is 0. The van der Waals surface area contributed by atoms with Crippen molar-refractivity contribution in [3.8, 4) is 0 Å². The van der Waals surface area contributed by atoms with E-state index in [0.29, 0.717) is 10.6 Å². The quantitative estimate of drug-likeness (QED) is 0.787. The third-order valence-corrected chi connectivity index (χ3v) is 2.72. The number of rotatable bonds is 6. The van der Waals surface area contributed by atoms with E-state index in [2.05, 4.69) is 5.32 Å². The fourth-order valence-electron chi connectivity index (χ4n) is 1.41. The van der Waals surface area contributed by atoms with E-state index in [1.165, 1.54) is 0 Å². The fraction of sp³-hybridized carbons (Fsp3) is 0.429. The van der Waals surface area contributed by atoms with Gasteiger partial charge < -0.3 is 10.4 Å². The third-order valence-electron chi connectivity index (χ3n) is 2.46. The number of carbonyl (C=O) groups is 2. The van der Waals surface area contributed by atoms with Gasteiger partial charge in [0, 0.05) is 30.0 Å². The van der Waals surface area contributed by atoms with Crippen molar-refractivity contribution in [2.75, 3.05) is 6.54 Å². The first-order chi connectivity index (χ1) is 8.78. The summed E-state index contributed by atoms with van der Waals surface area (Å²) >= 11 is 5.73. The maximum Gasteiger partial charge on any atom is 0.220 e. The van der Waals surface area contributed by atoms with Gasteiger partial charge in [0.05, 0.1) is 5.60 Å². The number of nitrogens with one attached hydrogen (secondary N) is 1. The molecule has 1 aromatic rings. The minimum absolute atomic E-state index is 0.102. The molecular formula is C14H18ClNO3. The zero-order valence-electron chi connectivity index (χ0n) is 11.1. The Hall–Kier alpha value is -1.39. The van der Waals surface area contributed by atoms with Crippen molar-refractivity contribution in [1.29, 1.82) is 0 Å². The Kier molecular flexibility index (Phi) is 5.51. The maximum absolute atomic E-state index is 11.8. The number of aliphatic hydroxyl groups is 1. The molecule has 5 heteroatoms. The Labute approximate surface area is 117 Å². The molecule has 0 unspecified atom stereocenters. The van der Waals surface area contributed by atoms with Gasteiger partial charge in [-0.2, -0.15) is 0 Å². The molecule has 0 aliphatic heterocycles. The van der Waals surface area contributed by atoms with Crippen LogP contribution >= 0.6 is 11.6 Å². The van der Waals surface area contributed by atoms with Crippen molar-refractivity contribution >= 4 is 23.3 Å². The Morgan fingerprint density at radius 3 is 2.32 bits per heavy atom. The first-order valence-electron chi connectivity index (χ1n) is 6.06. The highest BCUT2D eigenvalue weighted by atomic mass is 35.5. The van der Waals surface area contributed by atoms with Gasteiger partial charge in [0.2, 0.25) is 5.91 Å². The molecule has 0 bridgehead atoms. The maximum atomic E-state index is 11.8. The Bertz CT molecular complexity index is 449. The number of hydrogen-bond acceptors (Lipinski definition) is 3. The zero-order valence-corrected chi connectivity index (χ0v) is 11.8.